The lowest BCUT2D eigenvalue weighted by atomic mass is 10.1. The molecule has 0 aromatic heterocycles. The van der Waals surface area contributed by atoms with Crippen LogP contribution in [0.1, 0.15) is 16.8 Å². The molecule has 1 amide bonds. The first-order valence-electron chi connectivity index (χ1n) is 9.62. The zero-order valence-corrected chi connectivity index (χ0v) is 16.6. The Bertz CT molecular complexity index is 755. The number of piperazine rings is 1. The minimum absolute atomic E-state index is 0.0707. The molecule has 0 saturated carbocycles. The van der Waals surface area contributed by atoms with E-state index in [0.29, 0.717) is 17.9 Å². The molecule has 0 aliphatic carbocycles. The molecule has 28 heavy (non-hydrogen) atoms. The highest BCUT2D eigenvalue weighted by Crippen LogP contribution is 2.18. The molecular weight excluding hydrogens is 356 g/mol. The molecule has 3 rings (SSSR count). The van der Waals surface area contributed by atoms with Gasteiger partial charge in [0, 0.05) is 38.3 Å². The number of amides is 1. The van der Waals surface area contributed by atoms with Crippen molar-refractivity contribution in [2.45, 2.75) is 6.42 Å². The van der Waals surface area contributed by atoms with E-state index in [-0.39, 0.29) is 5.91 Å². The zero-order chi connectivity index (χ0) is 19.8. The molecule has 1 aliphatic rings. The van der Waals surface area contributed by atoms with Crippen LogP contribution in [0.25, 0.3) is 0 Å². The van der Waals surface area contributed by atoms with E-state index in [1.54, 1.807) is 20.3 Å². The Kier molecular flexibility index (Phi) is 7.14. The lowest BCUT2D eigenvalue weighted by Crippen LogP contribution is -2.49. The SMILES string of the molecule is COc1ccc(OCCCN2CCN(C(=O)c3cccc(OC)c3)CC2)cc1. The predicted octanol–water partition coefficient (Wildman–Crippen LogP) is 2.93. The lowest BCUT2D eigenvalue weighted by Gasteiger charge is -2.34. The number of ether oxygens (including phenoxy) is 3. The van der Waals surface area contributed by atoms with Gasteiger partial charge in [0.1, 0.15) is 17.2 Å². The molecule has 0 unspecified atom stereocenters. The molecule has 0 spiro atoms. The minimum Gasteiger partial charge on any atom is -0.497 e. The molecule has 0 atom stereocenters. The highest BCUT2D eigenvalue weighted by molar-refractivity contribution is 5.94. The van der Waals surface area contributed by atoms with Crippen molar-refractivity contribution in [2.75, 3.05) is 53.6 Å². The van der Waals surface area contributed by atoms with Crippen LogP contribution >= 0.6 is 0 Å². The number of rotatable bonds is 8. The fourth-order valence-corrected chi connectivity index (χ4v) is 3.26. The van der Waals surface area contributed by atoms with Crippen LogP contribution in [0.3, 0.4) is 0 Å². The normalized spacial score (nSPS) is 14.6. The summed E-state index contributed by atoms with van der Waals surface area (Å²) in [4.78, 5) is 17.0. The van der Waals surface area contributed by atoms with Gasteiger partial charge in [0.05, 0.1) is 20.8 Å². The van der Waals surface area contributed by atoms with E-state index in [1.807, 2.05) is 47.4 Å². The second-order valence-corrected chi connectivity index (χ2v) is 6.74. The predicted molar refractivity (Wildman–Crippen MR) is 108 cm³/mol. The van der Waals surface area contributed by atoms with E-state index in [4.69, 9.17) is 14.2 Å². The van der Waals surface area contributed by atoms with Crippen LogP contribution in [0.15, 0.2) is 48.5 Å². The molecule has 6 nitrogen and oxygen atoms in total. The maximum atomic E-state index is 12.7. The van der Waals surface area contributed by atoms with Gasteiger partial charge in [0.15, 0.2) is 0 Å². The number of hydrogen-bond donors (Lipinski definition) is 0. The van der Waals surface area contributed by atoms with Crippen LogP contribution in [-0.2, 0) is 0 Å². The first kappa shape index (κ1) is 20.0. The lowest BCUT2D eigenvalue weighted by molar-refractivity contribution is 0.0630. The van der Waals surface area contributed by atoms with Gasteiger partial charge < -0.3 is 19.1 Å². The molecule has 1 fully saturated rings. The van der Waals surface area contributed by atoms with E-state index in [0.717, 1.165) is 50.6 Å². The Hall–Kier alpha value is -2.73. The second kappa shape index (κ2) is 9.99. The van der Waals surface area contributed by atoms with Crippen molar-refractivity contribution in [3.8, 4) is 17.2 Å². The summed E-state index contributed by atoms with van der Waals surface area (Å²) in [5, 5.41) is 0. The molecule has 0 N–H and O–H groups in total. The first-order chi connectivity index (χ1) is 13.7. The maximum Gasteiger partial charge on any atom is 0.254 e. The summed E-state index contributed by atoms with van der Waals surface area (Å²) in [7, 11) is 3.26. The van der Waals surface area contributed by atoms with Crippen LogP contribution in [0.5, 0.6) is 17.2 Å². The van der Waals surface area contributed by atoms with E-state index >= 15 is 0 Å². The van der Waals surface area contributed by atoms with Gasteiger partial charge in [-0.25, -0.2) is 0 Å². The standard InChI is InChI=1S/C22H28N2O4/c1-26-19-7-9-20(10-8-19)28-16-4-11-23-12-14-24(15-13-23)22(25)18-5-3-6-21(17-18)27-2/h3,5-10,17H,4,11-16H2,1-2H3. The summed E-state index contributed by atoms with van der Waals surface area (Å²) in [5.41, 5.74) is 0.681. The summed E-state index contributed by atoms with van der Waals surface area (Å²) in [5.74, 6) is 2.46. The average Bonchev–Trinajstić information content (AvgIpc) is 2.77. The number of carbonyl (C=O) groups is 1. The number of methoxy groups -OCH3 is 2. The summed E-state index contributed by atoms with van der Waals surface area (Å²) < 4.78 is 16.1. The summed E-state index contributed by atoms with van der Waals surface area (Å²) >= 11 is 0. The first-order valence-corrected chi connectivity index (χ1v) is 9.62. The van der Waals surface area contributed by atoms with Gasteiger partial charge >= 0.3 is 0 Å². The second-order valence-electron chi connectivity index (χ2n) is 6.74. The van der Waals surface area contributed by atoms with Crippen LogP contribution in [0.2, 0.25) is 0 Å². The smallest absolute Gasteiger partial charge is 0.254 e. The molecule has 1 heterocycles. The van der Waals surface area contributed by atoms with Gasteiger partial charge in [-0.3, -0.25) is 9.69 Å². The molecule has 2 aromatic rings. The van der Waals surface area contributed by atoms with Gasteiger partial charge in [0.25, 0.3) is 5.91 Å². The average molecular weight is 384 g/mol. The molecular formula is C22H28N2O4. The van der Waals surface area contributed by atoms with E-state index < -0.39 is 0 Å². The van der Waals surface area contributed by atoms with Crippen molar-refractivity contribution in [1.82, 2.24) is 9.80 Å². The van der Waals surface area contributed by atoms with Gasteiger partial charge in [-0.1, -0.05) is 6.07 Å². The van der Waals surface area contributed by atoms with E-state index in [1.165, 1.54) is 0 Å². The van der Waals surface area contributed by atoms with Crippen LogP contribution in [0, 0.1) is 0 Å². The van der Waals surface area contributed by atoms with Crippen LogP contribution in [0.4, 0.5) is 0 Å². The van der Waals surface area contributed by atoms with Crippen molar-refractivity contribution in [1.29, 1.82) is 0 Å². The van der Waals surface area contributed by atoms with Gasteiger partial charge in [-0.05, 0) is 48.9 Å². The minimum atomic E-state index is 0.0707. The van der Waals surface area contributed by atoms with Gasteiger partial charge in [-0.2, -0.15) is 0 Å². The van der Waals surface area contributed by atoms with Crippen molar-refractivity contribution in [2.24, 2.45) is 0 Å². The summed E-state index contributed by atoms with van der Waals surface area (Å²) in [6, 6.07) is 15.0. The summed E-state index contributed by atoms with van der Waals surface area (Å²) in [6.45, 7) is 4.91. The number of nitrogens with zero attached hydrogens (tertiary/aromatic N) is 2. The van der Waals surface area contributed by atoms with Crippen LogP contribution in [-0.4, -0.2) is 69.3 Å². The molecule has 2 aromatic carbocycles. The molecule has 6 heteroatoms. The third kappa shape index (κ3) is 5.39. The summed E-state index contributed by atoms with van der Waals surface area (Å²) in [6.07, 6.45) is 0.954. The number of benzene rings is 2. The molecule has 0 radical (unpaired) electrons. The molecule has 0 bridgehead atoms. The van der Waals surface area contributed by atoms with E-state index in [9.17, 15) is 4.79 Å². The quantitative estimate of drug-likeness (QED) is 0.655. The van der Waals surface area contributed by atoms with Gasteiger partial charge in [0.2, 0.25) is 0 Å². The third-order valence-electron chi connectivity index (χ3n) is 4.92. The Labute approximate surface area is 166 Å². The van der Waals surface area contributed by atoms with Crippen molar-refractivity contribution >= 4 is 5.91 Å². The largest absolute Gasteiger partial charge is 0.497 e. The monoisotopic (exact) mass is 384 g/mol. The third-order valence-corrected chi connectivity index (χ3v) is 4.92. The fourth-order valence-electron chi connectivity index (χ4n) is 3.26. The van der Waals surface area contributed by atoms with Crippen LogP contribution < -0.4 is 14.2 Å². The Morgan fingerprint density at radius 2 is 1.57 bits per heavy atom. The van der Waals surface area contributed by atoms with Crippen molar-refractivity contribution < 1.29 is 19.0 Å². The zero-order valence-electron chi connectivity index (χ0n) is 16.6. The van der Waals surface area contributed by atoms with Gasteiger partial charge in [-0.15, -0.1) is 0 Å². The number of hydrogen-bond acceptors (Lipinski definition) is 5. The highest BCUT2D eigenvalue weighted by atomic mass is 16.5. The highest BCUT2D eigenvalue weighted by Gasteiger charge is 2.22. The fraction of sp³-hybridized carbons (Fsp3) is 0.409. The molecule has 1 saturated heterocycles. The Morgan fingerprint density at radius 3 is 2.25 bits per heavy atom. The molecule has 150 valence electrons. The van der Waals surface area contributed by atoms with Crippen molar-refractivity contribution in [3.05, 3.63) is 54.1 Å². The topological polar surface area (TPSA) is 51.2 Å². The molecule has 1 aliphatic heterocycles. The van der Waals surface area contributed by atoms with Crippen molar-refractivity contribution in [3.63, 3.8) is 0 Å². The Balaban J connectivity index is 1.37. The van der Waals surface area contributed by atoms with E-state index in [2.05, 4.69) is 4.90 Å². The maximum absolute atomic E-state index is 12.7. The number of carbonyl (C=O) groups excluding carboxylic acids is 1. The Morgan fingerprint density at radius 1 is 0.893 bits per heavy atom.